The number of nitrogens with one attached hydrogen (secondary N) is 1. The van der Waals surface area contributed by atoms with Gasteiger partial charge in [0.05, 0.1) is 0 Å². The van der Waals surface area contributed by atoms with Crippen molar-refractivity contribution in [2.75, 3.05) is 20.1 Å². The fraction of sp³-hybridized carbons (Fsp3) is 1.00. The Balaban J connectivity index is 2.35. The predicted octanol–water partition coefficient (Wildman–Crippen LogP) is 1.32. The summed E-state index contributed by atoms with van der Waals surface area (Å²) < 4.78 is 0. The van der Waals surface area contributed by atoms with E-state index in [9.17, 15) is 0 Å². The predicted molar refractivity (Wildman–Crippen MR) is 53.3 cm³/mol. The quantitative estimate of drug-likeness (QED) is 0.687. The highest BCUT2D eigenvalue weighted by molar-refractivity contribution is 4.85. The van der Waals surface area contributed by atoms with Gasteiger partial charge in [0.2, 0.25) is 0 Å². The average Bonchev–Trinajstić information content (AvgIpc) is 2.33. The molecule has 3 atom stereocenters. The molecule has 0 saturated carbocycles. The van der Waals surface area contributed by atoms with Crippen molar-refractivity contribution in [3.05, 3.63) is 0 Å². The molecular formula is C10H22N2. The first-order chi connectivity index (χ1) is 5.65. The maximum atomic E-state index is 3.50. The highest BCUT2D eigenvalue weighted by Gasteiger charge is 2.29. The molecule has 0 radical (unpaired) electrons. The zero-order valence-corrected chi connectivity index (χ0v) is 8.80. The Morgan fingerprint density at radius 1 is 1.58 bits per heavy atom. The van der Waals surface area contributed by atoms with Crippen molar-refractivity contribution in [1.82, 2.24) is 10.2 Å². The number of hydrogen-bond acceptors (Lipinski definition) is 2. The largest absolute Gasteiger partial charge is 0.314 e. The summed E-state index contributed by atoms with van der Waals surface area (Å²) >= 11 is 0. The second-order valence-corrected chi connectivity index (χ2v) is 4.13. The summed E-state index contributed by atoms with van der Waals surface area (Å²) in [5, 5.41) is 3.50. The molecule has 12 heavy (non-hydrogen) atoms. The molecule has 0 aliphatic carbocycles. The van der Waals surface area contributed by atoms with Gasteiger partial charge in [0.15, 0.2) is 0 Å². The van der Waals surface area contributed by atoms with Gasteiger partial charge in [0, 0.05) is 18.6 Å². The molecule has 1 aliphatic heterocycles. The summed E-state index contributed by atoms with van der Waals surface area (Å²) in [7, 11) is 2.23. The lowest BCUT2D eigenvalue weighted by Crippen LogP contribution is -2.34. The third-order valence-corrected chi connectivity index (χ3v) is 3.15. The van der Waals surface area contributed by atoms with Crippen LogP contribution < -0.4 is 5.32 Å². The second kappa shape index (κ2) is 4.24. The van der Waals surface area contributed by atoms with Crippen molar-refractivity contribution >= 4 is 0 Å². The number of hydrogen-bond donors (Lipinski definition) is 1. The molecule has 1 rings (SSSR count). The zero-order chi connectivity index (χ0) is 9.14. The van der Waals surface area contributed by atoms with Gasteiger partial charge in [-0.05, 0) is 39.8 Å². The van der Waals surface area contributed by atoms with Gasteiger partial charge < -0.3 is 10.2 Å². The van der Waals surface area contributed by atoms with Gasteiger partial charge in [-0.25, -0.2) is 0 Å². The molecule has 2 heteroatoms. The highest BCUT2D eigenvalue weighted by Crippen LogP contribution is 2.23. The first kappa shape index (κ1) is 10.0. The molecule has 0 aromatic heterocycles. The van der Waals surface area contributed by atoms with Gasteiger partial charge in [-0.15, -0.1) is 0 Å². The number of likely N-dealkylation sites (tertiary alicyclic amines) is 1. The Kier molecular flexibility index (Phi) is 3.53. The van der Waals surface area contributed by atoms with Crippen LogP contribution in [0.2, 0.25) is 0 Å². The molecule has 2 unspecified atom stereocenters. The van der Waals surface area contributed by atoms with Crippen LogP contribution in [0.4, 0.5) is 0 Å². The minimum Gasteiger partial charge on any atom is -0.314 e. The normalized spacial score (nSPS) is 34.0. The van der Waals surface area contributed by atoms with Crippen molar-refractivity contribution in [3.63, 3.8) is 0 Å². The van der Waals surface area contributed by atoms with Crippen LogP contribution in [0.5, 0.6) is 0 Å². The molecule has 2 nitrogen and oxygen atoms in total. The molecule has 1 fully saturated rings. The van der Waals surface area contributed by atoms with Gasteiger partial charge >= 0.3 is 0 Å². The lowest BCUT2D eigenvalue weighted by atomic mass is 9.98. The summed E-state index contributed by atoms with van der Waals surface area (Å²) in [6, 6.07) is 1.46. The van der Waals surface area contributed by atoms with E-state index in [1.165, 1.54) is 13.0 Å². The summed E-state index contributed by atoms with van der Waals surface area (Å²) in [5.41, 5.74) is 0. The summed E-state index contributed by atoms with van der Waals surface area (Å²) in [4.78, 5) is 2.46. The van der Waals surface area contributed by atoms with Crippen LogP contribution in [0.3, 0.4) is 0 Å². The first-order valence-electron chi connectivity index (χ1n) is 5.08. The maximum absolute atomic E-state index is 3.50. The van der Waals surface area contributed by atoms with E-state index in [4.69, 9.17) is 0 Å². The topological polar surface area (TPSA) is 15.3 Å². The molecule has 0 aromatic rings. The Morgan fingerprint density at radius 3 is 2.67 bits per heavy atom. The molecule has 1 heterocycles. The molecule has 0 spiro atoms. The molecule has 1 saturated heterocycles. The smallest absolute Gasteiger partial charge is 0.00796 e. The standard InChI is InChI=1S/C10H22N2/c1-5-11-9(3)10-6-8(2)12(4)7-10/h8-11H,5-7H2,1-4H3/t8?,9-,10?/m1/s1. The molecule has 1 aliphatic rings. The molecule has 72 valence electrons. The Labute approximate surface area is 76.3 Å². The average molecular weight is 170 g/mol. The minimum absolute atomic E-state index is 0.683. The van der Waals surface area contributed by atoms with E-state index in [0.29, 0.717) is 6.04 Å². The van der Waals surface area contributed by atoms with Crippen molar-refractivity contribution in [2.45, 2.75) is 39.3 Å². The zero-order valence-electron chi connectivity index (χ0n) is 8.80. The van der Waals surface area contributed by atoms with Crippen LogP contribution in [-0.2, 0) is 0 Å². The van der Waals surface area contributed by atoms with E-state index in [1.807, 2.05) is 0 Å². The van der Waals surface area contributed by atoms with E-state index in [2.05, 4.69) is 38.0 Å². The summed E-state index contributed by atoms with van der Waals surface area (Å²) in [5.74, 6) is 0.852. The van der Waals surface area contributed by atoms with E-state index in [0.717, 1.165) is 18.5 Å². The van der Waals surface area contributed by atoms with Crippen LogP contribution in [0.25, 0.3) is 0 Å². The van der Waals surface area contributed by atoms with Crippen molar-refractivity contribution in [2.24, 2.45) is 5.92 Å². The second-order valence-electron chi connectivity index (χ2n) is 4.13. The van der Waals surface area contributed by atoms with Gasteiger partial charge in [-0.3, -0.25) is 0 Å². The lowest BCUT2D eigenvalue weighted by molar-refractivity contribution is 0.316. The molecule has 0 amide bonds. The first-order valence-corrected chi connectivity index (χ1v) is 5.08. The fourth-order valence-corrected chi connectivity index (χ4v) is 2.09. The molecule has 0 bridgehead atoms. The van der Waals surface area contributed by atoms with E-state index in [-0.39, 0.29) is 0 Å². The van der Waals surface area contributed by atoms with Gasteiger partial charge in [0.25, 0.3) is 0 Å². The van der Waals surface area contributed by atoms with E-state index in [1.54, 1.807) is 0 Å². The van der Waals surface area contributed by atoms with E-state index < -0.39 is 0 Å². The Morgan fingerprint density at radius 2 is 2.25 bits per heavy atom. The van der Waals surface area contributed by atoms with Crippen LogP contribution in [0.1, 0.15) is 27.2 Å². The van der Waals surface area contributed by atoms with Gasteiger partial charge in [0.1, 0.15) is 0 Å². The maximum Gasteiger partial charge on any atom is 0.00796 e. The monoisotopic (exact) mass is 170 g/mol. The SMILES string of the molecule is CCN[C@H](C)C1CC(C)N(C)C1. The van der Waals surface area contributed by atoms with Gasteiger partial charge in [-0.1, -0.05) is 6.92 Å². The Hall–Kier alpha value is -0.0800. The molecule has 0 aromatic carbocycles. The minimum atomic E-state index is 0.683. The highest BCUT2D eigenvalue weighted by atomic mass is 15.2. The van der Waals surface area contributed by atoms with Crippen LogP contribution >= 0.6 is 0 Å². The number of rotatable bonds is 3. The van der Waals surface area contributed by atoms with E-state index >= 15 is 0 Å². The summed E-state index contributed by atoms with van der Waals surface area (Å²) in [6.07, 6.45) is 1.35. The van der Waals surface area contributed by atoms with Crippen LogP contribution in [-0.4, -0.2) is 37.1 Å². The van der Waals surface area contributed by atoms with Crippen molar-refractivity contribution in [3.8, 4) is 0 Å². The third-order valence-electron chi connectivity index (χ3n) is 3.15. The van der Waals surface area contributed by atoms with Crippen molar-refractivity contribution in [1.29, 1.82) is 0 Å². The molecular weight excluding hydrogens is 148 g/mol. The van der Waals surface area contributed by atoms with Gasteiger partial charge in [-0.2, -0.15) is 0 Å². The number of nitrogens with zero attached hydrogens (tertiary/aromatic N) is 1. The molecule has 1 N–H and O–H groups in total. The lowest BCUT2D eigenvalue weighted by Gasteiger charge is -2.19. The van der Waals surface area contributed by atoms with Crippen LogP contribution in [0, 0.1) is 5.92 Å². The summed E-state index contributed by atoms with van der Waals surface area (Å²) in [6.45, 7) is 9.16. The Bertz CT molecular complexity index is 126. The fourth-order valence-electron chi connectivity index (χ4n) is 2.09. The van der Waals surface area contributed by atoms with Crippen molar-refractivity contribution < 1.29 is 0 Å². The third kappa shape index (κ3) is 2.20. The van der Waals surface area contributed by atoms with Crippen LogP contribution in [0.15, 0.2) is 0 Å².